The minimum atomic E-state index is -0.475. The minimum absolute atomic E-state index is 0.0819. The molecule has 0 heterocycles. The average molecular weight is 339 g/mol. The average Bonchev–Trinajstić information content (AvgIpc) is 2.53. The SMILES string of the molecule is COc1ccccc1CCNC(=O)CNC(=O)CSCC(N)=O. The summed E-state index contributed by atoms with van der Waals surface area (Å²) < 4.78 is 5.23. The van der Waals surface area contributed by atoms with Crippen LogP contribution in [0.2, 0.25) is 0 Å². The number of primary amides is 1. The summed E-state index contributed by atoms with van der Waals surface area (Å²) in [5.74, 6) is -0.0987. The first kappa shape index (κ1) is 18.8. The number of methoxy groups -OCH3 is 1. The Bertz CT molecular complexity index is 551. The molecule has 0 atom stereocenters. The van der Waals surface area contributed by atoms with Crippen LogP contribution in [0, 0.1) is 0 Å². The number of para-hydroxylation sites is 1. The molecule has 0 aliphatic heterocycles. The van der Waals surface area contributed by atoms with Gasteiger partial charge >= 0.3 is 0 Å². The van der Waals surface area contributed by atoms with Crippen LogP contribution in [0.4, 0.5) is 0 Å². The van der Waals surface area contributed by atoms with Crippen molar-refractivity contribution in [3.05, 3.63) is 29.8 Å². The van der Waals surface area contributed by atoms with Gasteiger partial charge in [-0.1, -0.05) is 18.2 Å². The van der Waals surface area contributed by atoms with E-state index < -0.39 is 5.91 Å². The van der Waals surface area contributed by atoms with E-state index in [4.69, 9.17) is 10.5 Å². The number of nitrogens with one attached hydrogen (secondary N) is 2. The predicted octanol–water partition coefficient (Wildman–Crippen LogP) is -0.311. The summed E-state index contributed by atoms with van der Waals surface area (Å²) in [5.41, 5.74) is 5.96. The zero-order chi connectivity index (χ0) is 17.1. The number of hydrogen-bond acceptors (Lipinski definition) is 5. The quantitative estimate of drug-likeness (QED) is 0.541. The Kier molecular flexibility index (Phi) is 8.59. The van der Waals surface area contributed by atoms with Crippen molar-refractivity contribution in [1.29, 1.82) is 0 Å². The molecular weight excluding hydrogens is 318 g/mol. The van der Waals surface area contributed by atoms with Crippen LogP contribution in [0.1, 0.15) is 5.56 Å². The zero-order valence-corrected chi connectivity index (χ0v) is 13.8. The highest BCUT2D eigenvalue weighted by Crippen LogP contribution is 2.17. The van der Waals surface area contributed by atoms with Gasteiger partial charge in [0.1, 0.15) is 5.75 Å². The molecule has 0 bridgehead atoms. The Morgan fingerprint density at radius 2 is 1.87 bits per heavy atom. The number of amides is 3. The van der Waals surface area contributed by atoms with Crippen molar-refractivity contribution in [2.24, 2.45) is 5.73 Å². The summed E-state index contributed by atoms with van der Waals surface area (Å²) in [6.07, 6.45) is 0.637. The molecule has 0 saturated heterocycles. The van der Waals surface area contributed by atoms with Crippen LogP contribution in [-0.2, 0) is 20.8 Å². The lowest BCUT2D eigenvalue weighted by atomic mass is 10.1. The van der Waals surface area contributed by atoms with E-state index in [2.05, 4.69) is 10.6 Å². The third-order valence-electron chi connectivity index (χ3n) is 2.83. The number of rotatable bonds is 10. The van der Waals surface area contributed by atoms with Crippen molar-refractivity contribution in [3.63, 3.8) is 0 Å². The molecule has 0 aliphatic rings. The fourth-order valence-electron chi connectivity index (χ4n) is 1.78. The van der Waals surface area contributed by atoms with Gasteiger partial charge in [0.2, 0.25) is 17.7 Å². The summed E-state index contributed by atoms with van der Waals surface area (Å²) in [6.45, 7) is 0.355. The first-order chi connectivity index (χ1) is 11.0. The maximum absolute atomic E-state index is 11.6. The van der Waals surface area contributed by atoms with Gasteiger partial charge in [0.05, 0.1) is 25.2 Å². The molecule has 8 heteroatoms. The smallest absolute Gasteiger partial charge is 0.239 e. The molecule has 1 aromatic carbocycles. The molecule has 4 N–H and O–H groups in total. The normalized spacial score (nSPS) is 9.96. The van der Waals surface area contributed by atoms with Gasteiger partial charge in [-0.05, 0) is 18.1 Å². The lowest BCUT2D eigenvalue weighted by Crippen LogP contribution is -2.38. The number of hydrogen-bond donors (Lipinski definition) is 3. The largest absolute Gasteiger partial charge is 0.496 e. The number of carbonyl (C=O) groups excluding carboxylic acids is 3. The maximum Gasteiger partial charge on any atom is 0.239 e. The molecule has 0 aromatic heterocycles. The summed E-state index contributed by atoms with van der Waals surface area (Å²) in [6, 6.07) is 7.58. The Morgan fingerprint density at radius 3 is 2.57 bits per heavy atom. The van der Waals surface area contributed by atoms with E-state index in [9.17, 15) is 14.4 Å². The lowest BCUT2D eigenvalue weighted by molar-refractivity contribution is -0.124. The van der Waals surface area contributed by atoms with Crippen molar-refractivity contribution in [1.82, 2.24) is 10.6 Å². The topological polar surface area (TPSA) is 111 Å². The molecule has 0 fully saturated rings. The summed E-state index contributed by atoms with van der Waals surface area (Å²) in [5, 5.41) is 5.20. The molecule has 3 amide bonds. The predicted molar refractivity (Wildman–Crippen MR) is 89.2 cm³/mol. The summed E-state index contributed by atoms with van der Waals surface area (Å²) in [4.78, 5) is 33.6. The van der Waals surface area contributed by atoms with Gasteiger partial charge in [0.15, 0.2) is 0 Å². The number of nitrogens with two attached hydrogens (primary N) is 1. The molecule has 7 nitrogen and oxygen atoms in total. The van der Waals surface area contributed by atoms with E-state index in [1.807, 2.05) is 24.3 Å². The highest BCUT2D eigenvalue weighted by Gasteiger charge is 2.07. The fraction of sp³-hybridized carbons (Fsp3) is 0.400. The van der Waals surface area contributed by atoms with Crippen LogP contribution < -0.4 is 21.1 Å². The Morgan fingerprint density at radius 1 is 1.13 bits per heavy atom. The van der Waals surface area contributed by atoms with Crippen molar-refractivity contribution in [3.8, 4) is 5.75 Å². The molecule has 0 radical (unpaired) electrons. The van der Waals surface area contributed by atoms with Crippen LogP contribution in [-0.4, -0.2) is 49.4 Å². The summed E-state index contributed by atoms with van der Waals surface area (Å²) >= 11 is 1.11. The molecule has 0 spiro atoms. The third-order valence-corrected chi connectivity index (χ3v) is 3.79. The van der Waals surface area contributed by atoms with Crippen LogP contribution in [0.3, 0.4) is 0 Å². The number of ether oxygens (including phenoxy) is 1. The Labute approximate surface area is 139 Å². The molecule has 126 valence electrons. The van der Waals surface area contributed by atoms with Gasteiger partial charge in [0.25, 0.3) is 0 Å². The second-order valence-electron chi connectivity index (χ2n) is 4.65. The molecule has 1 rings (SSSR count). The molecule has 0 unspecified atom stereocenters. The van der Waals surface area contributed by atoms with Gasteiger partial charge in [-0.2, -0.15) is 0 Å². The lowest BCUT2D eigenvalue weighted by Gasteiger charge is -2.09. The van der Waals surface area contributed by atoms with Crippen molar-refractivity contribution in [2.75, 3.05) is 31.7 Å². The van der Waals surface area contributed by atoms with Gasteiger partial charge in [-0.3, -0.25) is 14.4 Å². The number of benzene rings is 1. The highest BCUT2D eigenvalue weighted by atomic mass is 32.2. The van der Waals surface area contributed by atoms with Crippen LogP contribution in [0.15, 0.2) is 24.3 Å². The molecule has 0 saturated carbocycles. The van der Waals surface area contributed by atoms with E-state index in [0.29, 0.717) is 13.0 Å². The maximum atomic E-state index is 11.6. The van der Waals surface area contributed by atoms with Crippen molar-refractivity contribution in [2.45, 2.75) is 6.42 Å². The van der Waals surface area contributed by atoms with Crippen LogP contribution >= 0.6 is 11.8 Å². The van der Waals surface area contributed by atoms with Crippen molar-refractivity contribution >= 4 is 29.5 Å². The minimum Gasteiger partial charge on any atom is -0.496 e. The standard InChI is InChI=1S/C15H21N3O4S/c1-22-12-5-3-2-4-11(12)6-7-17-14(20)8-18-15(21)10-23-9-13(16)19/h2-5H,6-10H2,1H3,(H2,16,19)(H,17,20)(H,18,21). The highest BCUT2D eigenvalue weighted by molar-refractivity contribution is 8.00. The van der Waals surface area contributed by atoms with Crippen molar-refractivity contribution < 1.29 is 19.1 Å². The number of carbonyl (C=O) groups is 3. The van der Waals surface area contributed by atoms with E-state index in [0.717, 1.165) is 23.1 Å². The van der Waals surface area contributed by atoms with Gasteiger partial charge < -0.3 is 21.1 Å². The Hall–Kier alpha value is -2.22. The first-order valence-electron chi connectivity index (χ1n) is 7.04. The molecule has 23 heavy (non-hydrogen) atoms. The monoisotopic (exact) mass is 339 g/mol. The van der Waals surface area contributed by atoms with Gasteiger partial charge in [0, 0.05) is 6.54 Å². The van der Waals surface area contributed by atoms with E-state index in [1.165, 1.54) is 0 Å². The fourth-order valence-corrected chi connectivity index (χ4v) is 2.37. The zero-order valence-electron chi connectivity index (χ0n) is 13.0. The first-order valence-corrected chi connectivity index (χ1v) is 8.19. The summed E-state index contributed by atoms with van der Waals surface area (Å²) in [7, 11) is 1.60. The second-order valence-corrected chi connectivity index (χ2v) is 5.63. The second kappa shape index (κ2) is 10.5. The van der Waals surface area contributed by atoms with Gasteiger partial charge in [-0.25, -0.2) is 0 Å². The molecular formula is C15H21N3O4S. The van der Waals surface area contributed by atoms with E-state index in [1.54, 1.807) is 7.11 Å². The molecule has 1 aromatic rings. The Balaban J connectivity index is 2.19. The third kappa shape index (κ3) is 8.10. The van der Waals surface area contributed by atoms with Crippen LogP contribution in [0.5, 0.6) is 5.75 Å². The number of thioether (sulfide) groups is 1. The van der Waals surface area contributed by atoms with E-state index >= 15 is 0 Å². The van der Waals surface area contributed by atoms with Crippen LogP contribution in [0.25, 0.3) is 0 Å². The molecule has 0 aliphatic carbocycles. The van der Waals surface area contributed by atoms with Gasteiger partial charge in [-0.15, -0.1) is 11.8 Å². The van der Waals surface area contributed by atoms with E-state index in [-0.39, 0.29) is 29.9 Å².